The van der Waals surface area contributed by atoms with Gasteiger partial charge < -0.3 is 4.74 Å². The Morgan fingerprint density at radius 2 is 1.63 bits per heavy atom. The van der Waals surface area contributed by atoms with Crippen LogP contribution in [0.2, 0.25) is 0 Å². The maximum Gasteiger partial charge on any atom is 0.259 e. The fourth-order valence-electron chi connectivity index (χ4n) is 3.19. The summed E-state index contributed by atoms with van der Waals surface area (Å²) in [6, 6.07) is 17.4. The van der Waals surface area contributed by atoms with E-state index in [1.54, 1.807) is 0 Å². The first-order chi connectivity index (χ1) is 13.0. The standard InChI is InChI=1S/C19H22N2O5S/c22-19(20-23)14-27(24,25)21-12-10-16(11-13-21)15-6-8-18(9-7-15)26-17-4-2-1-3-5-17/h1-9,16,23H,10-14H2,(H,20,22). The molecule has 0 aliphatic carbocycles. The molecular formula is C19H22N2O5S. The number of sulfonamides is 1. The second-order valence-electron chi connectivity index (χ2n) is 6.45. The zero-order chi connectivity index (χ0) is 19.3. The van der Waals surface area contributed by atoms with E-state index in [0.29, 0.717) is 25.9 Å². The molecular weight excluding hydrogens is 368 g/mol. The van der Waals surface area contributed by atoms with Gasteiger partial charge in [0.15, 0.2) is 0 Å². The monoisotopic (exact) mass is 390 g/mol. The van der Waals surface area contributed by atoms with Crippen molar-refractivity contribution in [1.82, 2.24) is 9.79 Å². The van der Waals surface area contributed by atoms with Gasteiger partial charge in [0.25, 0.3) is 5.91 Å². The van der Waals surface area contributed by atoms with E-state index in [1.165, 1.54) is 9.79 Å². The number of nitrogens with one attached hydrogen (secondary N) is 1. The summed E-state index contributed by atoms with van der Waals surface area (Å²) in [5.74, 6) is 0.121. The first-order valence-electron chi connectivity index (χ1n) is 8.71. The third-order valence-corrected chi connectivity index (χ3v) is 6.39. The van der Waals surface area contributed by atoms with Crippen LogP contribution in [0.1, 0.15) is 24.3 Å². The number of hydroxylamine groups is 1. The van der Waals surface area contributed by atoms with Crippen molar-refractivity contribution < 1.29 is 23.2 Å². The molecule has 1 aliphatic rings. The van der Waals surface area contributed by atoms with Gasteiger partial charge in [-0.05, 0) is 48.6 Å². The fraction of sp³-hybridized carbons (Fsp3) is 0.316. The van der Waals surface area contributed by atoms with E-state index >= 15 is 0 Å². The van der Waals surface area contributed by atoms with Crippen molar-refractivity contribution in [2.75, 3.05) is 18.8 Å². The first-order valence-corrected chi connectivity index (χ1v) is 10.3. The maximum absolute atomic E-state index is 12.2. The predicted molar refractivity (Wildman–Crippen MR) is 100 cm³/mol. The van der Waals surface area contributed by atoms with Gasteiger partial charge in [0.2, 0.25) is 10.0 Å². The van der Waals surface area contributed by atoms with Crippen LogP contribution in [0, 0.1) is 0 Å². The molecule has 0 radical (unpaired) electrons. The molecule has 0 unspecified atom stereocenters. The number of ether oxygens (including phenoxy) is 1. The zero-order valence-electron chi connectivity index (χ0n) is 14.7. The summed E-state index contributed by atoms with van der Waals surface area (Å²) in [7, 11) is -3.70. The minimum Gasteiger partial charge on any atom is -0.457 e. The number of para-hydroxylation sites is 1. The number of hydrogen-bond acceptors (Lipinski definition) is 5. The lowest BCUT2D eigenvalue weighted by Gasteiger charge is -2.31. The van der Waals surface area contributed by atoms with Crippen molar-refractivity contribution in [2.45, 2.75) is 18.8 Å². The van der Waals surface area contributed by atoms with E-state index in [1.807, 2.05) is 54.6 Å². The number of amides is 1. The molecule has 0 atom stereocenters. The van der Waals surface area contributed by atoms with Gasteiger partial charge in [-0.1, -0.05) is 30.3 Å². The third-order valence-electron chi connectivity index (χ3n) is 4.62. The second kappa shape index (κ2) is 8.51. The molecule has 2 aromatic carbocycles. The largest absolute Gasteiger partial charge is 0.457 e. The number of piperidine rings is 1. The van der Waals surface area contributed by atoms with Crippen LogP contribution in [0.3, 0.4) is 0 Å². The molecule has 1 amide bonds. The number of benzene rings is 2. The molecule has 3 rings (SSSR count). The summed E-state index contributed by atoms with van der Waals surface area (Å²) < 4.78 is 31.4. The fourth-order valence-corrected chi connectivity index (χ4v) is 4.53. The topological polar surface area (TPSA) is 95.9 Å². The smallest absolute Gasteiger partial charge is 0.259 e. The highest BCUT2D eigenvalue weighted by Crippen LogP contribution is 2.31. The van der Waals surface area contributed by atoms with Crippen molar-refractivity contribution in [3.05, 3.63) is 60.2 Å². The highest BCUT2D eigenvalue weighted by atomic mass is 32.2. The summed E-state index contributed by atoms with van der Waals surface area (Å²) in [6.07, 6.45) is 1.36. The van der Waals surface area contributed by atoms with Crippen LogP contribution in [0.15, 0.2) is 54.6 Å². The summed E-state index contributed by atoms with van der Waals surface area (Å²) in [5.41, 5.74) is 2.50. The Hall–Kier alpha value is -2.42. The molecule has 2 N–H and O–H groups in total. The lowest BCUT2D eigenvalue weighted by Crippen LogP contribution is -2.42. The van der Waals surface area contributed by atoms with Crippen LogP contribution in [0.5, 0.6) is 11.5 Å². The Morgan fingerprint density at radius 1 is 1.04 bits per heavy atom. The molecule has 0 aromatic heterocycles. The van der Waals surface area contributed by atoms with E-state index in [2.05, 4.69) is 0 Å². The molecule has 2 aromatic rings. The van der Waals surface area contributed by atoms with Crippen LogP contribution < -0.4 is 10.2 Å². The summed E-state index contributed by atoms with van der Waals surface area (Å²) in [5, 5.41) is 8.51. The average molecular weight is 390 g/mol. The van der Waals surface area contributed by atoms with E-state index in [9.17, 15) is 13.2 Å². The second-order valence-corrected chi connectivity index (χ2v) is 8.42. The Bertz CT molecular complexity index is 861. The summed E-state index contributed by atoms with van der Waals surface area (Å²) >= 11 is 0. The highest BCUT2D eigenvalue weighted by molar-refractivity contribution is 7.89. The lowest BCUT2D eigenvalue weighted by molar-refractivity contribution is -0.126. The quantitative estimate of drug-likeness (QED) is 0.584. The van der Waals surface area contributed by atoms with Crippen molar-refractivity contribution >= 4 is 15.9 Å². The summed E-state index contributed by atoms with van der Waals surface area (Å²) in [4.78, 5) is 11.1. The molecule has 8 heteroatoms. The van der Waals surface area contributed by atoms with Crippen LogP contribution in [-0.4, -0.2) is 42.7 Å². The molecule has 1 heterocycles. The molecule has 7 nitrogen and oxygen atoms in total. The number of rotatable bonds is 6. The van der Waals surface area contributed by atoms with Gasteiger partial charge in [0, 0.05) is 13.1 Å². The van der Waals surface area contributed by atoms with Gasteiger partial charge in [0.05, 0.1) is 0 Å². The maximum atomic E-state index is 12.2. The first kappa shape index (κ1) is 19.3. The van der Waals surface area contributed by atoms with Gasteiger partial charge in [-0.15, -0.1) is 0 Å². The Morgan fingerprint density at radius 3 is 2.22 bits per heavy atom. The van der Waals surface area contributed by atoms with Gasteiger partial charge in [-0.25, -0.2) is 18.2 Å². The van der Waals surface area contributed by atoms with E-state index in [-0.39, 0.29) is 5.92 Å². The molecule has 144 valence electrons. The van der Waals surface area contributed by atoms with Crippen molar-refractivity contribution in [1.29, 1.82) is 0 Å². The molecule has 1 aliphatic heterocycles. The molecule has 1 saturated heterocycles. The third kappa shape index (κ3) is 5.06. The number of hydrogen-bond donors (Lipinski definition) is 2. The van der Waals surface area contributed by atoms with Crippen molar-refractivity contribution in [2.24, 2.45) is 0 Å². The van der Waals surface area contributed by atoms with Crippen molar-refractivity contribution in [3.63, 3.8) is 0 Å². The summed E-state index contributed by atoms with van der Waals surface area (Å²) in [6.45, 7) is 0.710. The zero-order valence-corrected chi connectivity index (χ0v) is 15.6. The van der Waals surface area contributed by atoms with E-state index in [0.717, 1.165) is 17.1 Å². The van der Waals surface area contributed by atoms with E-state index in [4.69, 9.17) is 9.94 Å². The molecule has 0 saturated carbocycles. The minimum absolute atomic E-state index is 0.258. The van der Waals surface area contributed by atoms with Crippen LogP contribution >= 0.6 is 0 Å². The predicted octanol–water partition coefficient (Wildman–Crippen LogP) is 2.49. The molecule has 0 spiro atoms. The SMILES string of the molecule is O=C(CS(=O)(=O)N1CCC(c2ccc(Oc3ccccc3)cc2)CC1)NO. The molecule has 0 bridgehead atoms. The van der Waals surface area contributed by atoms with Gasteiger partial charge in [0.1, 0.15) is 17.3 Å². The van der Waals surface area contributed by atoms with Crippen LogP contribution in [0.25, 0.3) is 0 Å². The Balaban J connectivity index is 1.57. The number of carbonyl (C=O) groups excluding carboxylic acids is 1. The van der Waals surface area contributed by atoms with Gasteiger partial charge in [-0.2, -0.15) is 0 Å². The Labute approximate surface area is 158 Å². The number of nitrogens with zero attached hydrogens (tertiary/aromatic N) is 1. The number of carbonyl (C=O) groups is 1. The lowest BCUT2D eigenvalue weighted by atomic mass is 9.90. The average Bonchev–Trinajstić information content (AvgIpc) is 2.69. The highest BCUT2D eigenvalue weighted by Gasteiger charge is 2.30. The van der Waals surface area contributed by atoms with Crippen molar-refractivity contribution in [3.8, 4) is 11.5 Å². The van der Waals surface area contributed by atoms with E-state index < -0.39 is 21.7 Å². The molecule has 1 fully saturated rings. The van der Waals surface area contributed by atoms with Crippen LogP contribution in [-0.2, 0) is 14.8 Å². The minimum atomic E-state index is -3.70. The normalized spacial score (nSPS) is 16.0. The Kier molecular flexibility index (Phi) is 6.10. The van der Waals surface area contributed by atoms with Gasteiger partial charge in [-0.3, -0.25) is 10.0 Å². The molecule has 27 heavy (non-hydrogen) atoms. The van der Waals surface area contributed by atoms with Gasteiger partial charge >= 0.3 is 0 Å². The van der Waals surface area contributed by atoms with Crippen LogP contribution in [0.4, 0.5) is 0 Å².